The number of hydrogen-bond acceptors (Lipinski definition) is 6. The SMILES string of the molecule is CN1CCN(c2snc3c2c(=O)n(C)c(=O)n3C)CC1. The number of anilines is 1. The highest BCUT2D eigenvalue weighted by atomic mass is 32.1. The fourth-order valence-electron chi connectivity index (χ4n) is 2.49. The molecule has 7 nitrogen and oxygen atoms in total. The highest BCUT2D eigenvalue weighted by molar-refractivity contribution is 7.11. The van der Waals surface area contributed by atoms with E-state index >= 15 is 0 Å². The molecule has 0 atom stereocenters. The molecule has 0 spiro atoms. The van der Waals surface area contributed by atoms with Crippen LogP contribution in [0.15, 0.2) is 9.59 Å². The Bertz CT molecular complexity index is 766. The lowest BCUT2D eigenvalue weighted by Crippen LogP contribution is -2.45. The van der Waals surface area contributed by atoms with Crippen LogP contribution in [-0.4, -0.2) is 51.6 Å². The van der Waals surface area contributed by atoms with Gasteiger partial charge in [0.1, 0.15) is 10.4 Å². The molecular formula is C12H17N5O2S. The minimum absolute atomic E-state index is 0.259. The zero-order valence-electron chi connectivity index (χ0n) is 11.8. The molecule has 1 fully saturated rings. The highest BCUT2D eigenvalue weighted by Crippen LogP contribution is 2.28. The minimum Gasteiger partial charge on any atom is -0.359 e. The number of nitrogens with zero attached hydrogens (tertiary/aromatic N) is 5. The number of hydrogen-bond donors (Lipinski definition) is 0. The summed E-state index contributed by atoms with van der Waals surface area (Å²) in [6.45, 7) is 3.68. The summed E-state index contributed by atoms with van der Waals surface area (Å²) < 4.78 is 6.90. The van der Waals surface area contributed by atoms with Gasteiger partial charge in [0.15, 0.2) is 5.65 Å². The number of rotatable bonds is 1. The molecule has 0 aromatic carbocycles. The van der Waals surface area contributed by atoms with E-state index in [1.807, 2.05) is 0 Å². The molecule has 0 bridgehead atoms. The van der Waals surface area contributed by atoms with Crippen molar-refractivity contribution in [2.75, 3.05) is 38.1 Å². The van der Waals surface area contributed by atoms with Gasteiger partial charge in [-0.2, -0.15) is 4.37 Å². The maximum atomic E-state index is 12.4. The quantitative estimate of drug-likeness (QED) is 0.706. The first kappa shape index (κ1) is 13.3. The average Bonchev–Trinajstić information content (AvgIpc) is 2.88. The van der Waals surface area contributed by atoms with Crippen LogP contribution in [0.2, 0.25) is 0 Å². The van der Waals surface area contributed by atoms with E-state index in [2.05, 4.69) is 21.2 Å². The topological polar surface area (TPSA) is 63.4 Å². The lowest BCUT2D eigenvalue weighted by Gasteiger charge is -2.32. The Hall–Kier alpha value is -1.67. The summed E-state index contributed by atoms with van der Waals surface area (Å²) in [6, 6.07) is 0. The minimum atomic E-state index is -0.335. The van der Waals surface area contributed by atoms with Crippen molar-refractivity contribution < 1.29 is 0 Å². The molecule has 1 aliphatic rings. The Morgan fingerprint density at radius 1 is 1.00 bits per heavy atom. The molecule has 2 aromatic heterocycles. The maximum absolute atomic E-state index is 12.4. The second kappa shape index (κ2) is 4.71. The van der Waals surface area contributed by atoms with Crippen LogP contribution in [0.3, 0.4) is 0 Å². The largest absolute Gasteiger partial charge is 0.359 e. The molecule has 0 aliphatic carbocycles. The summed E-state index contributed by atoms with van der Waals surface area (Å²) in [5, 5.41) is 1.44. The van der Waals surface area contributed by atoms with Crippen LogP contribution in [0, 0.1) is 0 Å². The van der Waals surface area contributed by atoms with Gasteiger partial charge >= 0.3 is 5.69 Å². The van der Waals surface area contributed by atoms with Gasteiger partial charge in [0, 0.05) is 40.3 Å². The van der Waals surface area contributed by atoms with Gasteiger partial charge in [0.05, 0.1) is 0 Å². The first-order valence-electron chi connectivity index (χ1n) is 6.49. The van der Waals surface area contributed by atoms with Gasteiger partial charge in [0.2, 0.25) is 0 Å². The Kier molecular flexibility index (Phi) is 3.14. The summed E-state index contributed by atoms with van der Waals surface area (Å²) in [5.74, 6) is 0. The normalized spacial score (nSPS) is 17.1. The highest BCUT2D eigenvalue weighted by Gasteiger charge is 2.22. The summed E-state index contributed by atoms with van der Waals surface area (Å²) >= 11 is 1.30. The van der Waals surface area contributed by atoms with Crippen molar-refractivity contribution in [1.82, 2.24) is 18.4 Å². The van der Waals surface area contributed by atoms with Gasteiger partial charge in [0.25, 0.3) is 5.56 Å². The van der Waals surface area contributed by atoms with E-state index in [4.69, 9.17) is 0 Å². The standard InChI is InChI=1S/C12H17N5O2S/c1-14-4-6-17(7-5-14)11-8-9(13-20-11)15(2)12(19)16(3)10(8)18/h4-7H2,1-3H3. The van der Waals surface area contributed by atoms with Crippen molar-refractivity contribution in [3.63, 3.8) is 0 Å². The van der Waals surface area contributed by atoms with Gasteiger partial charge in [-0.3, -0.25) is 13.9 Å². The number of aryl methyl sites for hydroxylation is 1. The molecule has 0 N–H and O–H groups in total. The Balaban J connectivity index is 2.19. The number of likely N-dealkylation sites (N-methyl/N-ethyl adjacent to an activating group) is 1. The van der Waals surface area contributed by atoms with Crippen molar-refractivity contribution >= 4 is 27.6 Å². The molecule has 0 unspecified atom stereocenters. The van der Waals surface area contributed by atoms with Crippen LogP contribution in [0.4, 0.5) is 5.00 Å². The number of fused-ring (bicyclic) bond motifs is 1. The summed E-state index contributed by atoms with van der Waals surface area (Å²) in [4.78, 5) is 28.7. The third-order valence-corrected chi connectivity index (χ3v) is 4.76. The lowest BCUT2D eigenvalue weighted by molar-refractivity contribution is 0.313. The molecule has 0 amide bonds. The monoisotopic (exact) mass is 295 g/mol. The molecule has 0 saturated carbocycles. The average molecular weight is 295 g/mol. The van der Waals surface area contributed by atoms with Crippen LogP contribution in [0.5, 0.6) is 0 Å². The first-order chi connectivity index (χ1) is 9.50. The predicted octanol–water partition coefficient (Wildman–Crippen LogP) is -0.554. The van der Waals surface area contributed by atoms with Crippen LogP contribution in [0.1, 0.15) is 0 Å². The fraction of sp³-hybridized carbons (Fsp3) is 0.583. The molecular weight excluding hydrogens is 278 g/mol. The van der Waals surface area contributed by atoms with Gasteiger partial charge < -0.3 is 9.80 Å². The van der Waals surface area contributed by atoms with Crippen LogP contribution in [-0.2, 0) is 14.1 Å². The van der Waals surface area contributed by atoms with E-state index in [1.54, 1.807) is 7.05 Å². The van der Waals surface area contributed by atoms with E-state index in [0.29, 0.717) is 11.0 Å². The third kappa shape index (κ3) is 1.87. The fourth-order valence-corrected chi connectivity index (χ4v) is 3.44. The molecule has 1 aliphatic heterocycles. The van der Waals surface area contributed by atoms with Gasteiger partial charge in [-0.25, -0.2) is 4.79 Å². The molecule has 8 heteroatoms. The number of aromatic nitrogens is 3. The summed E-state index contributed by atoms with van der Waals surface area (Å²) in [7, 11) is 5.25. The van der Waals surface area contributed by atoms with Gasteiger partial charge in [-0.1, -0.05) is 0 Å². The number of piperazine rings is 1. The van der Waals surface area contributed by atoms with Crippen LogP contribution in [0.25, 0.3) is 11.0 Å². The van der Waals surface area contributed by atoms with E-state index in [0.717, 1.165) is 35.7 Å². The third-order valence-electron chi connectivity index (χ3n) is 3.86. The first-order valence-corrected chi connectivity index (χ1v) is 7.27. The Labute approximate surface area is 119 Å². The molecule has 108 valence electrons. The van der Waals surface area contributed by atoms with E-state index < -0.39 is 0 Å². The van der Waals surface area contributed by atoms with E-state index in [1.165, 1.54) is 23.1 Å². The van der Waals surface area contributed by atoms with Crippen molar-refractivity contribution in [1.29, 1.82) is 0 Å². The van der Waals surface area contributed by atoms with E-state index in [-0.39, 0.29) is 11.2 Å². The zero-order chi connectivity index (χ0) is 14.4. The van der Waals surface area contributed by atoms with Gasteiger partial charge in [-0.05, 0) is 18.6 Å². The maximum Gasteiger partial charge on any atom is 0.332 e. The molecule has 20 heavy (non-hydrogen) atoms. The second-order valence-corrected chi connectivity index (χ2v) is 5.93. The summed E-state index contributed by atoms with van der Waals surface area (Å²) in [5.41, 5.74) is -0.111. The van der Waals surface area contributed by atoms with Crippen molar-refractivity contribution in [2.24, 2.45) is 14.1 Å². The van der Waals surface area contributed by atoms with E-state index in [9.17, 15) is 9.59 Å². The predicted molar refractivity (Wildman–Crippen MR) is 79.8 cm³/mol. The lowest BCUT2D eigenvalue weighted by atomic mass is 10.3. The second-order valence-electron chi connectivity index (χ2n) is 5.18. The van der Waals surface area contributed by atoms with Crippen molar-refractivity contribution in [3.05, 3.63) is 20.8 Å². The Morgan fingerprint density at radius 2 is 1.65 bits per heavy atom. The smallest absolute Gasteiger partial charge is 0.332 e. The zero-order valence-corrected chi connectivity index (χ0v) is 12.6. The van der Waals surface area contributed by atoms with Gasteiger partial charge in [-0.15, -0.1) is 0 Å². The molecule has 3 heterocycles. The molecule has 1 saturated heterocycles. The van der Waals surface area contributed by atoms with Crippen LogP contribution >= 0.6 is 11.5 Å². The van der Waals surface area contributed by atoms with Crippen molar-refractivity contribution in [3.8, 4) is 0 Å². The Morgan fingerprint density at radius 3 is 2.30 bits per heavy atom. The molecule has 0 radical (unpaired) electrons. The van der Waals surface area contributed by atoms with Crippen molar-refractivity contribution in [2.45, 2.75) is 0 Å². The summed E-state index contributed by atoms with van der Waals surface area (Å²) in [6.07, 6.45) is 0. The molecule has 2 aromatic rings. The van der Waals surface area contributed by atoms with Crippen LogP contribution < -0.4 is 16.1 Å². The molecule has 3 rings (SSSR count).